The molecule has 0 aliphatic heterocycles. The molecule has 1 nitrogen and oxygen atoms in total. The van der Waals surface area contributed by atoms with Crippen LogP contribution in [0.2, 0.25) is 0 Å². The number of nitrogens with zero attached hydrogens (tertiary/aromatic N) is 1. The van der Waals surface area contributed by atoms with E-state index in [-0.39, 0.29) is 5.41 Å². The fourth-order valence-corrected chi connectivity index (χ4v) is 6.79. The first-order valence-electron chi connectivity index (χ1n) is 13.4. The summed E-state index contributed by atoms with van der Waals surface area (Å²) in [5.41, 5.74) is 11.6. The van der Waals surface area contributed by atoms with Crippen molar-refractivity contribution in [2.24, 2.45) is 0 Å². The second-order valence-corrected chi connectivity index (χ2v) is 11.0. The first-order chi connectivity index (χ1) is 18.6. The molecule has 6 aromatic carbocycles. The normalized spacial score (nSPS) is 13.7. The molecular formula is C37H27N. The molecule has 0 bridgehead atoms. The maximum atomic E-state index is 2.45. The molecule has 0 atom stereocenters. The molecule has 0 radical (unpaired) electrons. The molecule has 0 fully saturated rings. The summed E-state index contributed by atoms with van der Waals surface area (Å²) >= 11 is 0. The van der Waals surface area contributed by atoms with E-state index in [0.29, 0.717) is 0 Å². The Morgan fingerprint density at radius 2 is 1.21 bits per heavy atom. The standard InChI is InChI=1S/C37H27N/c1-37(2)30-16-8-6-14-28(30)36-34-26(13-10-17-31(34)37)23-33-35(36)29-15-7-9-18-32(29)38(33)27-21-19-25(20-22-27)24-11-4-3-5-12-24/h3-23H,1-2H3. The van der Waals surface area contributed by atoms with Crippen LogP contribution in [0.4, 0.5) is 0 Å². The topological polar surface area (TPSA) is 4.93 Å². The summed E-state index contributed by atoms with van der Waals surface area (Å²) in [5, 5.41) is 5.34. The minimum absolute atomic E-state index is 0.0532. The quantitative estimate of drug-likeness (QED) is 0.230. The van der Waals surface area contributed by atoms with Crippen molar-refractivity contribution in [3.8, 4) is 27.9 Å². The first kappa shape index (κ1) is 21.5. The zero-order valence-corrected chi connectivity index (χ0v) is 21.6. The molecule has 1 heteroatoms. The lowest BCUT2D eigenvalue weighted by Crippen LogP contribution is -2.23. The summed E-state index contributed by atoms with van der Waals surface area (Å²) in [7, 11) is 0. The third kappa shape index (κ3) is 2.82. The van der Waals surface area contributed by atoms with Gasteiger partial charge >= 0.3 is 0 Å². The van der Waals surface area contributed by atoms with Gasteiger partial charge in [-0.15, -0.1) is 0 Å². The van der Waals surface area contributed by atoms with E-state index in [2.05, 4.69) is 146 Å². The summed E-state index contributed by atoms with van der Waals surface area (Å²) in [6.45, 7) is 4.73. The van der Waals surface area contributed by atoms with Crippen molar-refractivity contribution < 1.29 is 0 Å². The molecule has 180 valence electrons. The smallest absolute Gasteiger partial charge is 0.0553 e. The lowest BCUT2D eigenvalue weighted by atomic mass is 9.68. The van der Waals surface area contributed by atoms with Crippen LogP contribution >= 0.6 is 0 Å². The Hall–Kier alpha value is -4.62. The average molecular weight is 486 g/mol. The lowest BCUT2D eigenvalue weighted by Gasteiger charge is -2.35. The fourth-order valence-electron chi connectivity index (χ4n) is 6.79. The molecule has 1 aliphatic rings. The molecule has 7 aromatic rings. The molecule has 0 N–H and O–H groups in total. The minimum Gasteiger partial charge on any atom is -0.309 e. The van der Waals surface area contributed by atoms with Gasteiger partial charge in [0.1, 0.15) is 0 Å². The van der Waals surface area contributed by atoms with Crippen LogP contribution in [0.15, 0.2) is 127 Å². The molecule has 0 saturated carbocycles. The van der Waals surface area contributed by atoms with Crippen LogP contribution in [-0.2, 0) is 5.41 Å². The highest BCUT2D eigenvalue weighted by molar-refractivity contribution is 6.24. The predicted octanol–water partition coefficient (Wildman–Crippen LogP) is 9.91. The zero-order chi connectivity index (χ0) is 25.4. The van der Waals surface area contributed by atoms with Gasteiger partial charge in [0.2, 0.25) is 0 Å². The Balaban J connectivity index is 1.50. The second-order valence-electron chi connectivity index (χ2n) is 11.0. The van der Waals surface area contributed by atoms with Crippen LogP contribution < -0.4 is 0 Å². The van der Waals surface area contributed by atoms with Gasteiger partial charge in [-0.05, 0) is 62.9 Å². The number of benzene rings is 6. The maximum absolute atomic E-state index is 2.45. The average Bonchev–Trinajstić information content (AvgIpc) is 3.29. The largest absolute Gasteiger partial charge is 0.309 e. The van der Waals surface area contributed by atoms with Crippen molar-refractivity contribution in [2.45, 2.75) is 19.3 Å². The molecule has 0 amide bonds. The highest BCUT2D eigenvalue weighted by Crippen LogP contribution is 2.52. The van der Waals surface area contributed by atoms with E-state index in [9.17, 15) is 0 Å². The van der Waals surface area contributed by atoms with E-state index in [1.807, 2.05) is 0 Å². The van der Waals surface area contributed by atoms with Crippen LogP contribution in [0.1, 0.15) is 25.0 Å². The third-order valence-corrected chi connectivity index (χ3v) is 8.58. The molecule has 1 heterocycles. The molecule has 1 aliphatic carbocycles. The van der Waals surface area contributed by atoms with E-state index in [1.54, 1.807) is 0 Å². The van der Waals surface area contributed by atoms with Gasteiger partial charge in [-0.3, -0.25) is 0 Å². The summed E-state index contributed by atoms with van der Waals surface area (Å²) in [6.07, 6.45) is 0. The van der Waals surface area contributed by atoms with Crippen LogP contribution in [0, 0.1) is 0 Å². The summed E-state index contributed by atoms with van der Waals surface area (Å²) in [6, 6.07) is 46.8. The van der Waals surface area contributed by atoms with Crippen molar-refractivity contribution in [1.29, 1.82) is 0 Å². The number of para-hydroxylation sites is 1. The van der Waals surface area contributed by atoms with Gasteiger partial charge in [0.15, 0.2) is 0 Å². The molecule has 8 rings (SSSR count). The first-order valence-corrected chi connectivity index (χ1v) is 13.4. The Bertz CT molecular complexity index is 2020. The van der Waals surface area contributed by atoms with Gasteiger partial charge in [0.05, 0.1) is 11.0 Å². The number of rotatable bonds is 2. The number of fused-ring (bicyclic) bond motifs is 6. The summed E-state index contributed by atoms with van der Waals surface area (Å²) < 4.78 is 2.45. The van der Waals surface area contributed by atoms with Gasteiger partial charge < -0.3 is 4.57 Å². The SMILES string of the molecule is CC1(C)c2ccccc2-c2c3c1cccc3cc1c2c2ccccc2n1-c1ccc(-c2ccccc2)cc1. The van der Waals surface area contributed by atoms with Gasteiger partial charge in [-0.25, -0.2) is 0 Å². The molecule has 0 saturated heterocycles. The molecule has 38 heavy (non-hydrogen) atoms. The van der Waals surface area contributed by atoms with Crippen LogP contribution in [0.3, 0.4) is 0 Å². The highest BCUT2D eigenvalue weighted by Gasteiger charge is 2.35. The van der Waals surface area contributed by atoms with Gasteiger partial charge in [0, 0.05) is 27.4 Å². The van der Waals surface area contributed by atoms with Crippen LogP contribution in [-0.4, -0.2) is 4.57 Å². The summed E-state index contributed by atoms with van der Waals surface area (Å²) in [5.74, 6) is 0. The van der Waals surface area contributed by atoms with Crippen LogP contribution in [0.25, 0.3) is 60.5 Å². The van der Waals surface area contributed by atoms with E-state index in [1.165, 1.54) is 71.6 Å². The highest BCUT2D eigenvalue weighted by atomic mass is 15.0. The molecule has 0 unspecified atom stereocenters. The Morgan fingerprint density at radius 3 is 2.05 bits per heavy atom. The zero-order valence-electron chi connectivity index (χ0n) is 21.6. The molecule has 0 spiro atoms. The van der Waals surface area contributed by atoms with Gasteiger partial charge in [-0.2, -0.15) is 0 Å². The monoisotopic (exact) mass is 485 g/mol. The van der Waals surface area contributed by atoms with Crippen molar-refractivity contribution in [3.05, 3.63) is 139 Å². The van der Waals surface area contributed by atoms with Crippen LogP contribution in [0.5, 0.6) is 0 Å². The van der Waals surface area contributed by atoms with Crippen molar-refractivity contribution in [1.82, 2.24) is 4.57 Å². The number of aromatic nitrogens is 1. The van der Waals surface area contributed by atoms with E-state index < -0.39 is 0 Å². The Kier molecular flexibility index (Phi) is 4.35. The van der Waals surface area contributed by atoms with Gasteiger partial charge in [-0.1, -0.05) is 117 Å². The fraction of sp³-hybridized carbons (Fsp3) is 0.0811. The summed E-state index contributed by atoms with van der Waals surface area (Å²) in [4.78, 5) is 0. The van der Waals surface area contributed by atoms with Crippen molar-refractivity contribution in [3.63, 3.8) is 0 Å². The maximum Gasteiger partial charge on any atom is 0.0553 e. The second kappa shape index (κ2) is 7.69. The minimum atomic E-state index is -0.0532. The third-order valence-electron chi connectivity index (χ3n) is 8.58. The van der Waals surface area contributed by atoms with Crippen molar-refractivity contribution >= 4 is 32.6 Å². The number of hydrogen-bond acceptors (Lipinski definition) is 0. The number of hydrogen-bond donors (Lipinski definition) is 0. The van der Waals surface area contributed by atoms with E-state index in [4.69, 9.17) is 0 Å². The Labute approximate surface area is 222 Å². The molecular weight excluding hydrogens is 458 g/mol. The lowest BCUT2D eigenvalue weighted by molar-refractivity contribution is 0.645. The molecule has 1 aromatic heterocycles. The van der Waals surface area contributed by atoms with Crippen molar-refractivity contribution in [2.75, 3.05) is 0 Å². The van der Waals surface area contributed by atoms with Gasteiger partial charge in [0.25, 0.3) is 0 Å². The predicted molar refractivity (Wildman–Crippen MR) is 161 cm³/mol. The Morgan fingerprint density at radius 1 is 0.526 bits per heavy atom. The van der Waals surface area contributed by atoms with E-state index in [0.717, 1.165) is 0 Å². The van der Waals surface area contributed by atoms with E-state index >= 15 is 0 Å².